The largest absolute Gasteiger partial charge is 0.383 e. The Balaban J connectivity index is 1.47. The molecule has 2 aliphatic rings. The number of carbonyl (C=O) groups is 1. The van der Waals surface area contributed by atoms with Crippen LogP contribution in [-0.2, 0) is 16.4 Å². The van der Waals surface area contributed by atoms with E-state index in [0.29, 0.717) is 17.9 Å². The zero-order valence-electron chi connectivity index (χ0n) is 17.6. The molecule has 0 atom stereocenters. The molecule has 0 bridgehead atoms. The van der Waals surface area contributed by atoms with Crippen molar-refractivity contribution >= 4 is 21.7 Å². The highest BCUT2D eigenvalue weighted by molar-refractivity contribution is 7.89. The molecule has 8 nitrogen and oxygen atoms in total. The summed E-state index contributed by atoms with van der Waals surface area (Å²) in [4.78, 5) is 20.6. The van der Waals surface area contributed by atoms with E-state index in [4.69, 9.17) is 5.73 Å². The molecule has 3 N–H and O–H groups in total. The molecule has 3 aromatic rings. The van der Waals surface area contributed by atoms with Crippen molar-refractivity contribution in [2.75, 3.05) is 19.3 Å². The summed E-state index contributed by atoms with van der Waals surface area (Å²) in [6.45, 7) is 0.611. The fraction of sp³-hybridized carbons (Fsp3) is 0.261. The first-order valence-corrected chi connectivity index (χ1v) is 11.9. The third-order valence-electron chi connectivity index (χ3n) is 6.03. The summed E-state index contributed by atoms with van der Waals surface area (Å²) in [5.41, 5.74) is 11.0. The normalized spacial score (nSPS) is 16.0. The van der Waals surface area contributed by atoms with E-state index in [1.807, 2.05) is 24.3 Å². The number of fused-ring (bicyclic) bond motifs is 1. The highest BCUT2D eigenvalue weighted by Crippen LogP contribution is 2.33. The van der Waals surface area contributed by atoms with Crippen LogP contribution >= 0.6 is 0 Å². The number of hydrogen-bond donors (Lipinski definition) is 2. The first-order valence-electron chi connectivity index (χ1n) is 10.5. The van der Waals surface area contributed by atoms with Gasteiger partial charge < -0.3 is 11.1 Å². The molecule has 1 aliphatic heterocycles. The number of pyridine rings is 2. The molecular formula is C23H23N5O3S. The predicted molar refractivity (Wildman–Crippen MR) is 121 cm³/mol. The Bertz CT molecular complexity index is 1320. The zero-order chi connectivity index (χ0) is 22.5. The highest BCUT2D eigenvalue weighted by Gasteiger charge is 2.35. The van der Waals surface area contributed by atoms with Gasteiger partial charge in [-0.25, -0.2) is 18.4 Å². The Morgan fingerprint density at radius 3 is 2.47 bits per heavy atom. The second-order valence-electron chi connectivity index (χ2n) is 8.17. The van der Waals surface area contributed by atoms with Gasteiger partial charge in [-0.15, -0.1) is 0 Å². The van der Waals surface area contributed by atoms with Crippen molar-refractivity contribution in [3.05, 3.63) is 59.9 Å². The fourth-order valence-electron chi connectivity index (χ4n) is 3.95. The van der Waals surface area contributed by atoms with E-state index >= 15 is 0 Å². The van der Waals surface area contributed by atoms with Gasteiger partial charge in [-0.05, 0) is 54.7 Å². The number of rotatable bonds is 5. The van der Waals surface area contributed by atoms with Crippen LogP contribution in [0.5, 0.6) is 0 Å². The maximum Gasteiger partial charge on any atom is 0.260 e. The van der Waals surface area contributed by atoms with Crippen molar-refractivity contribution in [1.82, 2.24) is 19.6 Å². The van der Waals surface area contributed by atoms with Gasteiger partial charge in [-0.2, -0.15) is 4.31 Å². The highest BCUT2D eigenvalue weighted by atomic mass is 32.2. The SMILES string of the molecule is CN(C1CC1)S(=O)(=O)c1ccc(-c2cnc(N)c(-c3ccc4c(c3)CCNC4=O)c2)cn1. The van der Waals surface area contributed by atoms with Crippen LogP contribution < -0.4 is 11.1 Å². The lowest BCUT2D eigenvalue weighted by Gasteiger charge is -2.18. The molecule has 1 aromatic carbocycles. The first-order chi connectivity index (χ1) is 15.3. The molecule has 164 valence electrons. The monoisotopic (exact) mass is 449 g/mol. The van der Waals surface area contributed by atoms with Crippen LogP contribution in [-0.4, -0.2) is 48.2 Å². The lowest BCUT2D eigenvalue weighted by Crippen LogP contribution is -2.31. The van der Waals surface area contributed by atoms with Crippen LogP contribution in [0, 0.1) is 0 Å². The molecule has 1 aliphatic carbocycles. The van der Waals surface area contributed by atoms with Gasteiger partial charge in [0.25, 0.3) is 15.9 Å². The standard InChI is InChI=1S/C23H23N5O3S/c1-28(18-4-5-18)32(30,31)21-7-3-16(12-26-21)17-11-20(22(24)27-13-17)14-2-6-19-15(10-14)8-9-25-23(19)29/h2-3,6-7,10-13,18H,4-5,8-9H2,1H3,(H2,24,27)(H,25,29). The Labute approximate surface area is 186 Å². The Hall–Kier alpha value is -3.30. The van der Waals surface area contributed by atoms with E-state index in [2.05, 4.69) is 15.3 Å². The molecule has 2 aromatic heterocycles. The van der Waals surface area contributed by atoms with Gasteiger partial charge in [0, 0.05) is 54.3 Å². The number of nitrogen functional groups attached to an aromatic ring is 1. The number of hydrogen-bond acceptors (Lipinski definition) is 6. The third-order valence-corrected chi connectivity index (χ3v) is 7.86. The van der Waals surface area contributed by atoms with Crippen LogP contribution in [0.1, 0.15) is 28.8 Å². The molecule has 1 amide bonds. The number of nitrogens with two attached hydrogens (primary N) is 1. The molecule has 32 heavy (non-hydrogen) atoms. The van der Waals surface area contributed by atoms with Crippen LogP contribution in [0.2, 0.25) is 0 Å². The van der Waals surface area contributed by atoms with Gasteiger partial charge >= 0.3 is 0 Å². The number of carbonyl (C=O) groups excluding carboxylic acids is 1. The van der Waals surface area contributed by atoms with Gasteiger partial charge in [0.1, 0.15) is 5.82 Å². The molecule has 0 radical (unpaired) electrons. The van der Waals surface area contributed by atoms with Crippen LogP contribution in [0.15, 0.2) is 53.8 Å². The molecule has 1 fully saturated rings. The van der Waals surface area contributed by atoms with Gasteiger partial charge in [-0.1, -0.05) is 12.1 Å². The number of sulfonamides is 1. The van der Waals surface area contributed by atoms with Crippen LogP contribution in [0.3, 0.4) is 0 Å². The van der Waals surface area contributed by atoms with E-state index in [1.165, 1.54) is 10.4 Å². The second kappa shape index (κ2) is 7.68. The zero-order valence-corrected chi connectivity index (χ0v) is 18.4. The fourth-order valence-corrected chi connectivity index (χ4v) is 5.27. The lowest BCUT2D eigenvalue weighted by molar-refractivity contribution is 0.0946. The summed E-state index contributed by atoms with van der Waals surface area (Å²) in [7, 11) is -1.99. The molecule has 0 spiro atoms. The molecule has 0 unspecified atom stereocenters. The number of anilines is 1. The van der Waals surface area contributed by atoms with E-state index < -0.39 is 10.0 Å². The Morgan fingerprint density at radius 1 is 1.00 bits per heavy atom. The maximum absolute atomic E-state index is 12.7. The van der Waals surface area contributed by atoms with Gasteiger partial charge in [-0.3, -0.25) is 4.79 Å². The average molecular weight is 450 g/mol. The number of benzene rings is 1. The molecule has 1 saturated carbocycles. The number of nitrogens with zero attached hydrogens (tertiary/aromatic N) is 3. The molecule has 3 heterocycles. The maximum atomic E-state index is 12.7. The Morgan fingerprint density at radius 2 is 1.75 bits per heavy atom. The quantitative estimate of drug-likeness (QED) is 0.618. The van der Waals surface area contributed by atoms with Crippen molar-refractivity contribution < 1.29 is 13.2 Å². The van der Waals surface area contributed by atoms with Crippen LogP contribution in [0.25, 0.3) is 22.3 Å². The number of aromatic nitrogens is 2. The minimum absolute atomic E-state index is 0.0345. The number of nitrogens with one attached hydrogen (secondary N) is 1. The van der Waals surface area contributed by atoms with Gasteiger partial charge in [0.15, 0.2) is 5.03 Å². The van der Waals surface area contributed by atoms with E-state index in [1.54, 1.807) is 25.5 Å². The Kier molecular flexibility index (Phi) is 4.94. The van der Waals surface area contributed by atoms with Crippen molar-refractivity contribution in [2.45, 2.75) is 30.3 Å². The van der Waals surface area contributed by atoms with Crippen molar-refractivity contribution in [3.63, 3.8) is 0 Å². The minimum Gasteiger partial charge on any atom is -0.383 e. The average Bonchev–Trinajstić information content (AvgIpc) is 3.64. The summed E-state index contributed by atoms with van der Waals surface area (Å²) in [5.74, 6) is 0.318. The third kappa shape index (κ3) is 3.63. The molecule has 5 rings (SSSR count). The first kappa shape index (κ1) is 20.6. The predicted octanol–water partition coefficient (Wildman–Crippen LogP) is 2.46. The molecule has 0 saturated heterocycles. The summed E-state index contributed by atoms with van der Waals surface area (Å²) < 4.78 is 26.8. The summed E-state index contributed by atoms with van der Waals surface area (Å²) in [6, 6.07) is 10.9. The van der Waals surface area contributed by atoms with E-state index in [-0.39, 0.29) is 17.0 Å². The number of amides is 1. The van der Waals surface area contributed by atoms with Crippen molar-refractivity contribution in [1.29, 1.82) is 0 Å². The lowest BCUT2D eigenvalue weighted by atomic mass is 9.94. The smallest absolute Gasteiger partial charge is 0.260 e. The topological polar surface area (TPSA) is 118 Å². The minimum atomic E-state index is -3.59. The van der Waals surface area contributed by atoms with Crippen molar-refractivity contribution in [2.24, 2.45) is 0 Å². The summed E-state index contributed by atoms with van der Waals surface area (Å²) >= 11 is 0. The van der Waals surface area contributed by atoms with Gasteiger partial charge in [0.2, 0.25) is 0 Å². The molecule has 9 heteroatoms. The second-order valence-corrected chi connectivity index (χ2v) is 10.1. The molecular weight excluding hydrogens is 426 g/mol. The van der Waals surface area contributed by atoms with Crippen LogP contribution in [0.4, 0.5) is 5.82 Å². The summed E-state index contributed by atoms with van der Waals surface area (Å²) in [6.07, 6.45) is 5.73. The van der Waals surface area contributed by atoms with E-state index in [9.17, 15) is 13.2 Å². The van der Waals surface area contributed by atoms with Crippen molar-refractivity contribution in [3.8, 4) is 22.3 Å². The van der Waals surface area contributed by atoms with Gasteiger partial charge in [0.05, 0.1) is 0 Å². The summed E-state index contributed by atoms with van der Waals surface area (Å²) in [5, 5.41) is 2.88. The van der Waals surface area contributed by atoms with E-state index in [0.717, 1.165) is 47.1 Å².